The number of urea groups is 1. The average Bonchev–Trinajstić information content (AvgIpc) is 2.93. The van der Waals surface area contributed by atoms with Gasteiger partial charge >= 0.3 is 6.03 Å². The summed E-state index contributed by atoms with van der Waals surface area (Å²) in [5.74, 6) is 0.104. The molecule has 2 N–H and O–H groups in total. The molecule has 2 aromatic carbocycles. The van der Waals surface area contributed by atoms with Crippen LogP contribution in [0.2, 0.25) is 0 Å². The lowest BCUT2D eigenvalue weighted by atomic mass is 9.83. The van der Waals surface area contributed by atoms with E-state index in [4.69, 9.17) is 0 Å². The molecule has 1 fully saturated rings. The molecule has 2 aliphatic heterocycles. The van der Waals surface area contributed by atoms with E-state index in [1.165, 1.54) is 5.56 Å². The molecule has 2 bridgehead atoms. The number of aromatic nitrogens is 1. The number of piperidine rings is 1. The van der Waals surface area contributed by atoms with Crippen molar-refractivity contribution in [3.05, 3.63) is 100.0 Å². The fourth-order valence-electron chi connectivity index (χ4n) is 5.73. The minimum atomic E-state index is -0.721. The molecule has 0 saturated carbocycles. The topological polar surface area (TPSA) is 83.4 Å². The first-order valence-electron chi connectivity index (χ1n) is 13.7. The summed E-state index contributed by atoms with van der Waals surface area (Å²) in [4.78, 5) is 41.0. The highest BCUT2D eigenvalue weighted by molar-refractivity contribution is 5.97. The lowest BCUT2D eigenvalue weighted by molar-refractivity contribution is -0.118. The number of carbonyl (C=O) groups excluding carboxylic acids is 2. The van der Waals surface area contributed by atoms with Crippen molar-refractivity contribution in [2.75, 3.05) is 18.4 Å². The molecule has 198 valence electrons. The Hall–Kier alpha value is -3.87. The van der Waals surface area contributed by atoms with Crippen LogP contribution in [0.25, 0.3) is 0 Å². The van der Waals surface area contributed by atoms with Gasteiger partial charge in [-0.25, -0.2) is 4.79 Å². The Bertz CT molecular complexity index is 1320. The highest BCUT2D eigenvalue weighted by Gasteiger charge is 2.37. The zero-order chi connectivity index (χ0) is 26.5. The van der Waals surface area contributed by atoms with Gasteiger partial charge in [-0.1, -0.05) is 61.9 Å². The number of amides is 3. The van der Waals surface area contributed by atoms with E-state index in [1.807, 2.05) is 70.1 Å². The second-order valence-electron chi connectivity index (χ2n) is 10.6. The third-order valence-electron chi connectivity index (χ3n) is 7.70. The molecule has 3 aromatic rings. The summed E-state index contributed by atoms with van der Waals surface area (Å²) in [5, 5.41) is 6.03. The predicted molar refractivity (Wildman–Crippen MR) is 149 cm³/mol. The van der Waals surface area contributed by atoms with E-state index >= 15 is 0 Å². The van der Waals surface area contributed by atoms with Crippen molar-refractivity contribution in [1.82, 2.24) is 14.8 Å². The molecule has 2 aliphatic rings. The smallest absolute Gasteiger partial charge is 0.318 e. The quantitative estimate of drug-likeness (QED) is 0.464. The molecule has 7 heteroatoms. The van der Waals surface area contributed by atoms with Gasteiger partial charge in [-0.05, 0) is 54.5 Å². The Labute approximate surface area is 223 Å². The number of carbonyl (C=O) groups is 2. The Morgan fingerprint density at radius 1 is 0.921 bits per heavy atom. The number of nitrogens with zero attached hydrogens (tertiary/aromatic N) is 2. The second-order valence-corrected chi connectivity index (χ2v) is 10.6. The fraction of sp³-hybridized carbons (Fsp3) is 0.387. The van der Waals surface area contributed by atoms with E-state index in [2.05, 4.69) is 17.6 Å². The van der Waals surface area contributed by atoms with Crippen molar-refractivity contribution < 1.29 is 9.59 Å². The van der Waals surface area contributed by atoms with Gasteiger partial charge in [0.05, 0.1) is 0 Å². The largest absolute Gasteiger partial charge is 0.326 e. The number of rotatable bonds is 8. The number of fused-ring (bicyclic) bond motifs is 4. The number of hydrogen-bond acceptors (Lipinski definition) is 3. The maximum absolute atomic E-state index is 13.5. The molecule has 1 aromatic heterocycles. The van der Waals surface area contributed by atoms with Crippen molar-refractivity contribution in [2.45, 2.75) is 57.5 Å². The van der Waals surface area contributed by atoms with Crippen LogP contribution in [0, 0.1) is 5.92 Å². The third-order valence-corrected chi connectivity index (χ3v) is 7.70. The summed E-state index contributed by atoms with van der Waals surface area (Å²) in [6, 6.07) is 22.1. The summed E-state index contributed by atoms with van der Waals surface area (Å²) in [5.41, 5.74) is 3.96. The third kappa shape index (κ3) is 5.98. The van der Waals surface area contributed by atoms with E-state index in [0.717, 1.165) is 42.6 Å². The zero-order valence-corrected chi connectivity index (χ0v) is 21.9. The minimum absolute atomic E-state index is 0.0214. The summed E-state index contributed by atoms with van der Waals surface area (Å²) in [6.45, 7) is 3.90. The lowest BCUT2D eigenvalue weighted by Gasteiger charge is -2.43. The van der Waals surface area contributed by atoms with Gasteiger partial charge in [0.25, 0.3) is 5.56 Å². The van der Waals surface area contributed by atoms with Crippen molar-refractivity contribution in [3.63, 3.8) is 0 Å². The molecule has 3 atom stereocenters. The molecule has 0 spiro atoms. The molecule has 0 aliphatic carbocycles. The molecule has 0 unspecified atom stereocenters. The SMILES string of the molecule is CCCCc1ccc(NC(=O)[C@@H](Cc2ccccc2)NC(=O)N2C[C@@H]3C[C@H](C2)c2cccc(=O)n2C3)cc1. The van der Waals surface area contributed by atoms with Gasteiger partial charge in [-0.3, -0.25) is 9.59 Å². The number of pyridine rings is 1. The van der Waals surface area contributed by atoms with Gasteiger partial charge in [0, 0.05) is 49.4 Å². The Kier molecular flexibility index (Phi) is 7.91. The summed E-state index contributed by atoms with van der Waals surface area (Å²) < 4.78 is 1.85. The first kappa shape index (κ1) is 25.8. The molecule has 3 heterocycles. The van der Waals surface area contributed by atoms with Crippen LogP contribution in [0.5, 0.6) is 0 Å². The van der Waals surface area contributed by atoms with Crippen LogP contribution in [-0.4, -0.2) is 40.5 Å². The standard InChI is InChI=1S/C31H36N4O3/c1-2-3-8-22-13-15-26(16-14-22)32-30(37)27(18-23-9-5-4-6-10-23)33-31(38)34-19-24-17-25(21-34)28-11-7-12-29(36)35(28)20-24/h4-7,9-16,24-25,27H,2-3,8,17-21H2,1H3,(H,32,37)(H,33,38)/t24-,25+,27+/m0/s1. The van der Waals surface area contributed by atoms with Gasteiger partial charge in [0.15, 0.2) is 0 Å². The van der Waals surface area contributed by atoms with Crippen molar-refractivity contribution in [2.24, 2.45) is 5.92 Å². The first-order valence-corrected chi connectivity index (χ1v) is 13.7. The van der Waals surface area contributed by atoms with Crippen LogP contribution in [0.1, 0.15) is 48.9 Å². The Morgan fingerprint density at radius 2 is 1.71 bits per heavy atom. The van der Waals surface area contributed by atoms with E-state index < -0.39 is 6.04 Å². The lowest BCUT2D eigenvalue weighted by Crippen LogP contribution is -2.55. The number of hydrogen-bond donors (Lipinski definition) is 2. The molecule has 5 rings (SSSR count). The zero-order valence-electron chi connectivity index (χ0n) is 21.9. The van der Waals surface area contributed by atoms with Crippen molar-refractivity contribution in [1.29, 1.82) is 0 Å². The van der Waals surface area contributed by atoms with Crippen LogP contribution >= 0.6 is 0 Å². The van der Waals surface area contributed by atoms with Gasteiger partial charge in [0.1, 0.15) is 6.04 Å². The van der Waals surface area contributed by atoms with Crippen molar-refractivity contribution >= 4 is 17.6 Å². The highest BCUT2D eigenvalue weighted by atomic mass is 16.2. The number of unbranched alkanes of at least 4 members (excludes halogenated alkanes) is 1. The van der Waals surface area contributed by atoms with Gasteiger partial charge in [0.2, 0.25) is 5.91 Å². The van der Waals surface area contributed by atoms with E-state index in [-0.39, 0.29) is 29.3 Å². The molecule has 7 nitrogen and oxygen atoms in total. The molecular weight excluding hydrogens is 476 g/mol. The number of likely N-dealkylation sites (tertiary alicyclic amines) is 1. The Balaban J connectivity index is 1.29. The normalized spacial score (nSPS) is 18.8. The second kappa shape index (κ2) is 11.7. The van der Waals surface area contributed by atoms with Crippen LogP contribution in [0.3, 0.4) is 0 Å². The van der Waals surface area contributed by atoms with Gasteiger partial charge in [-0.15, -0.1) is 0 Å². The van der Waals surface area contributed by atoms with E-state index in [9.17, 15) is 14.4 Å². The van der Waals surface area contributed by atoms with Gasteiger partial charge < -0.3 is 20.1 Å². The average molecular weight is 513 g/mol. The fourth-order valence-corrected chi connectivity index (χ4v) is 5.73. The van der Waals surface area contributed by atoms with Crippen molar-refractivity contribution in [3.8, 4) is 0 Å². The molecule has 0 radical (unpaired) electrons. The van der Waals surface area contributed by atoms with E-state index in [1.54, 1.807) is 12.1 Å². The monoisotopic (exact) mass is 512 g/mol. The van der Waals surface area contributed by atoms with E-state index in [0.29, 0.717) is 26.1 Å². The number of aryl methyl sites for hydroxylation is 1. The first-order chi connectivity index (χ1) is 18.5. The molecule has 1 saturated heterocycles. The summed E-state index contributed by atoms with van der Waals surface area (Å²) >= 11 is 0. The van der Waals surface area contributed by atoms with Gasteiger partial charge in [-0.2, -0.15) is 0 Å². The number of nitrogens with one attached hydrogen (secondary N) is 2. The van der Waals surface area contributed by atoms with Crippen LogP contribution in [-0.2, 0) is 24.2 Å². The predicted octanol–water partition coefficient (Wildman–Crippen LogP) is 4.57. The minimum Gasteiger partial charge on any atom is -0.326 e. The summed E-state index contributed by atoms with van der Waals surface area (Å²) in [6.07, 6.45) is 4.66. The molecule has 38 heavy (non-hydrogen) atoms. The molecule has 3 amide bonds. The van der Waals surface area contributed by atoms with Crippen LogP contribution < -0.4 is 16.2 Å². The Morgan fingerprint density at radius 3 is 2.47 bits per heavy atom. The maximum Gasteiger partial charge on any atom is 0.318 e. The highest BCUT2D eigenvalue weighted by Crippen LogP contribution is 2.35. The number of anilines is 1. The molecular formula is C31H36N4O3. The summed E-state index contributed by atoms with van der Waals surface area (Å²) in [7, 11) is 0. The number of benzene rings is 2. The van der Waals surface area contributed by atoms with Crippen LogP contribution in [0.4, 0.5) is 10.5 Å². The maximum atomic E-state index is 13.5. The van der Waals surface area contributed by atoms with Crippen LogP contribution in [0.15, 0.2) is 77.6 Å².